The normalized spacial score (nSPS) is 12.3. The van der Waals surface area contributed by atoms with E-state index in [4.69, 9.17) is 9.47 Å². The number of aromatic nitrogens is 1. The Morgan fingerprint density at radius 1 is 1.19 bits per heavy atom. The van der Waals surface area contributed by atoms with E-state index in [0.29, 0.717) is 38.1 Å². The van der Waals surface area contributed by atoms with Crippen molar-refractivity contribution in [2.45, 2.75) is 19.6 Å². The fourth-order valence-electron chi connectivity index (χ4n) is 2.86. The molecule has 0 saturated carbocycles. The summed E-state index contributed by atoms with van der Waals surface area (Å²) >= 11 is 1.61. The molecule has 3 aromatic rings. The van der Waals surface area contributed by atoms with Crippen LogP contribution in [0.4, 0.5) is 0 Å². The number of methoxy groups -OCH3 is 1. The molecule has 2 heterocycles. The van der Waals surface area contributed by atoms with E-state index in [2.05, 4.69) is 32.7 Å². The van der Waals surface area contributed by atoms with Crippen LogP contribution in [0.5, 0.6) is 5.88 Å². The maximum Gasteiger partial charge on any atom is 0.218 e. The Morgan fingerprint density at radius 3 is 2.81 bits per heavy atom. The second-order valence-electron chi connectivity index (χ2n) is 6.59. The lowest BCUT2D eigenvalue weighted by atomic mass is 10.2. The molecule has 0 spiro atoms. The molecule has 0 aliphatic carbocycles. The van der Waals surface area contributed by atoms with Crippen LogP contribution in [0, 0.1) is 0 Å². The number of guanidine groups is 1. The van der Waals surface area contributed by atoms with E-state index < -0.39 is 6.10 Å². The van der Waals surface area contributed by atoms with Crippen molar-refractivity contribution >= 4 is 51.4 Å². The van der Waals surface area contributed by atoms with Gasteiger partial charge in [0.05, 0.1) is 13.2 Å². The predicted molar refractivity (Wildman–Crippen MR) is 137 cm³/mol. The molecule has 7 nitrogen and oxygen atoms in total. The van der Waals surface area contributed by atoms with E-state index in [9.17, 15) is 5.11 Å². The lowest BCUT2D eigenvalue weighted by molar-refractivity contribution is 0.143. The molecule has 1 unspecified atom stereocenters. The van der Waals surface area contributed by atoms with Gasteiger partial charge in [0.1, 0.15) is 12.7 Å². The Hall–Kier alpha value is -1.95. The Kier molecular flexibility index (Phi) is 11.0. The number of nitrogens with one attached hydrogen (secondary N) is 2. The molecule has 0 saturated heterocycles. The lowest BCUT2D eigenvalue weighted by Crippen LogP contribution is -2.39. The van der Waals surface area contributed by atoms with Crippen molar-refractivity contribution < 1.29 is 14.6 Å². The number of aliphatic hydroxyl groups excluding tert-OH is 1. The largest absolute Gasteiger partial charge is 0.475 e. The zero-order valence-electron chi connectivity index (χ0n) is 17.7. The zero-order chi connectivity index (χ0) is 21.2. The van der Waals surface area contributed by atoms with Crippen LogP contribution < -0.4 is 15.4 Å². The van der Waals surface area contributed by atoms with Gasteiger partial charge in [-0.1, -0.05) is 24.3 Å². The molecule has 0 aliphatic rings. The van der Waals surface area contributed by atoms with Gasteiger partial charge in [0.2, 0.25) is 5.88 Å². The van der Waals surface area contributed by atoms with Crippen LogP contribution in [0.3, 0.4) is 0 Å². The van der Waals surface area contributed by atoms with Crippen molar-refractivity contribution in [3.63, 3.8) is 0 Å². The average Bonchev–Trinajstić information content (AvgIpc) is 3.21. The summed E-state index contributed by atoms with van der Waals surface area (Å²) in [5, 5.41) is 18.2. The van der Waals surface area contributed by atoms with E-state index in [1.54, 1.807) is 24.6 Å². The molecule has 31 heavy (non-hydrogen) atoms. The van der Waals surface area contributed by atoms with Crippen molar-refractivity contribution in [1.29, 1.82) is 0 Å². The van der Waals surface area contributed by atoms with Gasteiger partial charge in [-0.3, -0.25) is 0 Å². The van der Waals surface area contributed by atoms with Crippen LogP contribution in [0.25, 0.3) is 10.1 Å². The summed E-state index contributed by atoms with van der Waals surface area (Å²) in [5.41, 5.74) is 0.885. The van der Waals surface area contributed by atoms with Crippen molar-refractivity contribution in [2.75, 3.05) is 33.4 Å². The number of aliphatic imine (C=N–C) groups is 1. The molecule has 0 fully saturated rings. The van der Waals surface area contributed by atoms with E-state index in [1.807, 2.05) is 37.3 Å². The van der Waals surface area contributed by atoms with Gasteiger partial charge >= 0.3 is 0 Å². The highest BCUT2D eigenvalue weighted by atomic mass is 127. The van der Waals surface area contributed by atoms with Crippen LogP contribution in [-0.2, 0) is 11.3 Å². The van der Waals surface area contributed by atoms with Crippen LogP contribution in [-0.4, -0.2) is 49.5 Å². The van der Waals surface area contributed by atoms with Crippen LogP contribution in [0.15, 0.2) is 53.7 Å². The molecule has 2 aromatic heterocycles. The Labute approximate surface area is 203 Å². The molecule has 0 amide bonds. The summed E-state index contributed by atoms with van der Waals surface area (Å²) in [6.45, 7) is 4.42. The van der Waals surface area contributed by atoms with E-state index in [1.165, 1.54) is 4.70 Å². The van der Waals surface area contributed by atoms with Crippen LogP contribution in [0.1, 0.15) is 23.5 Å². The second-order valence-corrected chi connectivity index (χ2v) is 7.70. The van der Waals surface area contributed by atoms with Gasteiger partial charge in [-0.2, -0.15) is 0 Å². The van der Waals surface area contributed by atoms with Crippen molar-refractivity contribution in [2.24, 2.45) is 4.99 Å². The summed E-state index contributed by atoms with van der Waals surface area (Å²) in [4.78, 5) is 9.83. The number of nitrogens with zero attached hydrogens (tertiary/aromatic N) is 2. The quantitative estimate of drug-likeness (QED) is 0.153. The molecule has 0 bridgehead atoms. The monoisotopic (exact) mass is 556 g/mol. The standard InChI is InChI=1S/C22H28N4O3S.HI/c1-3-23-22(25-14-17-8-6-10-24-21(17)29-12-11-28-2)26-15-18(27)20-13-16-7-4-5-9-19(16)30-20;/h4-10,13,18,27H,3,11-12,14-15H2,1-2H3,(H2,23,25,26);1H. The summed E-state index contributed by atoms with van der Waals surface area (Å²) in [6, 6.07) is 14.0. The van der Waals surface area contributed by atoms with Crippen molar-refractivity contribution in [1.82, 2.24) is 15.6 Å². The van der Waals surface area contributed by atoms with Crippen molar-refractivity contribution in [3.8, 4) is 5.88 Å². The summed E-state index contributed by atoms with van der Waals surface area (Å²) < 4.78 is 11.9. The minimum atomic E-state index is -0.613. The minimum Gasteiger partial charge on any atom is -0.475 e. The number of hydrogen-bond donors (Lipinski definition) is 3. The number of pyridine rings is 1. The first kappa shape index (κ1) is 25.3. The second kappa shape index (κ2) is 13.5. The van der Waals surface area contributed by atoms with Gasteiger partial charge in [-0.25, -0.2) is 9.98 Å². The highest BCUT2D eigenvalue weighted by molar-refractivity contribution is 14.0. The summed E-state index contributed by atoms with van der Waals surface area (Å²) in [5.74, 6) is 1.18. The maximum atomic E-state index is 10.6. The Morgan fingerprint density at radius 2 is 2.03 bits per heavy atom. The highest BCUT2D eigenvalue weighted by Crippen LogP contribution is 2.29. The summed E-state index contributed by atoms with van der Waals surface area (Å²) in [7, 11) is 1.63. The van der Waals surface area contributed by atoms with Crippen LogP contribution in [0.2, 0.25) is 0 Å². The number of ether oxygens (including phenoxy) is 2. The molecule has 9 heteroatoms. The molecule has 0 aliphatic heterocycles. The van der Waals surface area contributed by atoms with E-state index >= 15 is 0 Å². The maximum absolute atomic E-state index is 10.6. The number of rotatable bonds is 10. The van der Waals surface area contributed by atoms with Crippen LogP contribution >= 0.6 is 35.3 Å². The third kappa shape index (κ3) is 7.60. The van der Waals surface area contributed by atoms with Gasteiger partial charge in [-0.15, -0.1) is 35.3 Å². The first-order chi connectivity index (χ1) is 14.7. The fraction of sp³-hybridized carbons (Fsp3) is 0.364. The fourth-order valence-corrected chi connectivity index (χ4v) is 3.91. The lowest BCUT2D eigenvalue weighted by Gasteiger charge is -2.15. The Balaban J connectivity index is 0.00000341. The Bertz CT molecular complexity index is 934. The third-order valence-corrected chi connectivity index (χ3v) is 5.58. The first-order valence-corrected chi connectivity index (χ1v) is 10.8. The average molecular weight is 556 g/mol. The SMILES string of the molecule is CCNC(=NCc1cccnc1OCCOC)NCC(O)c1cc2ccccc2s1.I. The van der Waals surface area contributed by atoms with Gasteiger partial charge in [0.15, 0.2) is 5.96 Å². The molecule has 1 aromatic carbocycles. The molecular formula is C22H29IN4O3S. The number of hydrogen-bond acceptors (Lipinski definition) is 6. The van der Waals surface area contributed by atoms with E-state index in [0.717, 1.165) is 22.4 Å². The smallest absolute Gasteiger partial charge is 0.218 e. The molecule has 3 rings (SSSR count). The highest BCUT2D eigenvalue weighted by Gasteiger charge is 2.12. The molecular weight excluding hydrogens is 527 g/mol. The summed E-state index contributed by atoms with van der Waals surface area (Å²) in [6.07, 6.45) is 1.08. The number of benzene rings is 1. The van der Waals surface area contributed by atoms with E-state index in [-0.39, 0.29) is 24.0 Å². The minimum absolute atomic E-state index is 0. The van der Waals surface area contributed by atoms with Crippen molar-refractivity contribution in [3.05, 3.63) is 59.1 Å². The van der Waals surface area contributed by atoms with Gasteiger partial charge in [0, 0.05) is 41.5 Å². The third-order valence-electron chi connectivity index (χ3n) is 4.36. The van der Waals surface area contributed by atoms with Gasteiger partial charge < -0.3 is 25.2 Å². The number of fused-ring (bicyclic) bond motifs is 1. The number of thiophene rings is 1. The first-order valence-electron chi connectivity index (χ1n) is 9.95. The van der Waals surface area contributed by atoms with Gasteiger partial charge in [0.25, 0.3) is 0 Å². The number of halogens is 1. The topological polar surface area (TPSA) is 88.0 Å². The zero-order valence-corrected chi connectivity index (χ0v) is 20.9. The predicted octanol–water partition coefficient (Wildman–Crippen LogP) is 3.73. The number of aliphatic hydroxyl groups is 1. The molecule has 168 valence electrons. The molecule has 0 radical (unpaired) electrons. The molecule has 1 atom stereocenters. The molecule has 3 N–H and O–H groups in total. The van der Waals surface area contributed by atoms with Gasteiger partial charge in [-0.05, 0) is 30.5 Å².